The molecule has 0 aliphatic carbocycles. The van der Waals surface area contributed by atoms with Gasteiger partial charge in [-0.3, -0.25) is 4.99 Å². The highest BCUT2D eigenvalue weighted by atomic mass is 79.9. The second-order valence-corrected chi connectivity index (χ2v) is 4.99. The number of thiophene rings is 1. The maximum absolute atomic E-state index is 5.64. The predicted molar refractivity (Wildman–Crippen MR) is 61.0 cm³/mol. The SMILES string of the molecule is CN=C(N)N(C)Cc1csc(Br)c1. The molecule has 13 heavy (non-hydrogen) atoms. The van der Waals surface area contributed by atoms with Crippen molar-refractivity contribution in [3.05, 3.63) is 20.8 Å². The summed E-state index contributed by atoms with van der Waals surface area (Å²) < 4.78 is 1.14. The van der Waals surface area contributed by atoms with E-state index < -0.39 is 0 Å². The number of nitrogens with zero attached hydrogens (tertiary/aromatic N) is 2. The zero-order valence-corrected chi connectivity index (χ0v) is 10.0. The Labute approximate surface area is 90.4 Å². The first kappa shape index (κ1) is 10.5. The zero-order chi connectivity index (χ0) is 9.84. The number of guanidine groups is 1. The second-order valence-electron chi connectivity index (χ2n) is 2.70. The standard InChI is InChI=1S/C8H12BrN3S/c1-11-8(10)12(2)4-6-3-7(9)13-5-6/h3,5H,4H2,1-2H3,(H2,10,11). The van der Waals surface area contributed by atoms with Crippen LogP contribution in [0.1, 0.15) is 5.56 Å². The van der Waals surface area contributed by atoms with E-state index in [1.54, 1.807) is 18.4 Å². The Morgan fingerprint density at radius 2 is 2.46 bits per heavy atom. The van der Waals surface area contributed by atoms with Crippen LogP contribution in [0.15, 0.2) is 20.2 Å². The molecule has 1 heterocycles. The smallest absolute Gasteiger partial charge is 0.191 e. The monoisotopic (exact) mass is 261 g/mol. The Morgan fingerprint density at radius 3 is 2.92 bits per heavy atom. The minimum absolute atomic E-state index is 0.558. The van der Waals surface area contributed by atoms with Gasteiger partial charge in [0.15, 0.2) is 5.96 Å². The molecule has 0 aliphatic heterocycles. The molecule has 2 N–H and O–H groups in total. The van der Waals surface area contributed by atoms with Gasteiger partial charge in [0.1, 0.15) is 0 Å². The van der Waals surface area contributed by atoms with Crippen LogP contribution in [0.2, 0.25) is 0 Å². The molecule has 0 radical (unpaired) electrons. The average Bonchev–Trinajstić information content (AvgIpc) is 2.49. The lowest BCUT2D eigenvalue weighted by Crippen LogP contribution is -2.33. The molecule has 0 spiro atoms. The summed E-state index contributed by atoms with van der Waals surface area (Å²) in [6.45, 7) is 0.797. The molecular weight excluding hydrogens is 250 g/mol. The highest BCUT2D eigenvalue weighted by Gasteiger charge is 2.03. The van der Waals surface area contributed by atoms with Crippen LogP contribution >= 0.6 is 27.3 Å². The molecule has 0 bridgehead atoms. The van der Waals surface area contributed by atoms with E-state index in [2.05, 4.69) is 32.4 Å². The number of hydrogen-bond donors (Lipinski definition) is 1. The van der Waals surface area contributed by atoms with Crippen molar-refractivity contribution in [1.29, 1.82) is 0 Å². The first-order chi connectivity index (χ1) is 6.13. The van der Waals surface area contributed by atoms with Gasteiger partial charge in [-0.05, 0) is 32.9 Å². The van der Waals surface area contributed by atoms with Gasteiger partial charge in [0.05, 0.1) is 3.79 Å². The van der Waals surface area contributed by atoms with Gasteiger partial charge in [-0.25, -0.2) is 0 Å². The van der Waals surface area contributed by atoms with Gasteiger partial charge in [0.25, 0.3) is 0 Å². The lowest BCUT2D eigenvalue weighted by Gasteiger charge is -2.16. The predicted octanol–water partition coefficient (Wildman–Crippen LogP) is 1.89. The van der Waals surface area contributed by atoms with Crippen molar-refractivity contribution < 1.29 is 0 Å². The van der Waals surface area contributed by atoms with Crippen LogP contribution < -0.4 is 5.73 Å². The van der Waals surface area contributed by atoms with Crippen LogP contribution in [-0.2, 0) is 6.54 Å². The Hall–Kier alpha value is -0.550. The van der Waals surface area contributed by atoms with Crippen LogP contribution in [0.3, 0.4) is 0 Å². The summed E-state index contributed by atoms with van der Waals surface area (Å²) in [6, 6.07) is 2.09. The molecule has 1 aromatic rings. The zero-order valence-electron chi connectivity index (χ0n) is 7.62. The largest absolute Gasteiger partial charge is 0.370 e. The quantitative estimate of drug-likeness (QED) is 0.653. The minimum Gasteiger partial charge on any atom is -0.370 e. The van der Waals surface area contributed by atoms with Gasteiger partial charge in [0, 0.05) is 20.6 Å². The summed E-state index contributed by atoms with van der Waals surface area (Å²) in [7, 11) is 3.61. The Balaban J connectivity index is 2.59. The highest BCUT2D eigenvalue weighted by molar-refractivity contribution is 9.11. The summed E-state index contributed by atoms with van der Waals surface area (Å²) in [5.41, 5.74) is 6.88. The first-order valence-corrected chi connectivity index (χ1v) is 5.47. The van der Waals surface area contributed by atoms with Crippen LogP contribution in [0.25, 0.3) is 0 Å². The van der Waals surface area contributed by atoms with Crippen LogP contribution in [-0.4, -0.2) is 25.0 Å². The second kappa shape index (κ2) is 4.62. The van der Waals surface area contributed by atoms with Gasteiger partial charge in [0.2, 0.25) is 0 Å². The van der Waals surface area contributed by atoms with Gasteiger partial charge in [-0.1, -0.05) is 0 Å². The van der Waals surface area contributed by atoms with E-state index in [9.17, 15) is 0 Å². The third-order valence-electron chi connectivity index (χ3n) is 1.66. The van der Waals surface area contributed by atoms with Crippen molar-refractivity contribution in [3.63, 3.8) is 0 Å². The van der Waals surface area contributed by atoms with Crippen LogP contribution in [0.4, 0.5) is 0 Å². The fourth-order valence-corrected chi connectivity index (χ4v) is 2.15. The Kier molecular flexibility index (Phi) is 3.74. The fraction of sp³-hybridized carbons (Fsp3) is 0.375. The van der Waals surface area contributed by atoms with E-state index in [4.69, 9.17) is 5.73 Å². The summed E-state index contributed by atoms with van der Waals surface area (Å²) >= 11 is 5.09. The maximum atomic E-state index is 5.64. The minimum atomic E-state index is 0.558. The van der Waals surface area contributed by atoms with Crippen LogP contribution in [0.5, 0.6) is 0 Å². The maximum Gasteiger partial charge on any atom is 0.191 e. The fourth-order valence-electron chi connectivity index (χ4n) is 0.954. The molecule has 1 rings (SSSR count). The number of rotatable bonds is 2. The van der Waals surface area contributed by atoms with Crippen molar-refractivity contribution in [1.82, 2.24) is 4.90 Å². The highest BCUT2D eigenvalue weighted by Crippen LogP contribution is 2.21. The van der Waals surface area contributed by atoms with Crippen molar-refractivity contribution in [2.75, 3.05) is 14.1 Å². The van der Waals surface area contributed by atoms with E-state index in [0.29, 0.717) is 5.96 Å². The molecular formula is C8H12BrN3S. The van der Waals surface area contributed by atoms with Gasteiger partial charge < -0.3 is 10.6 Å². The molecule has 0 aliphatic rings. The molecule has 0 fully saturated rings. The van der Waals surface area contributed by atoms with Crippen molar-refractivity contribution >= 4 is 33.2 Å². The number of halogens is 1. The molecule has 0 aromatic carbocycles. The first-order valence-electron chi connectivity index (χ1n) is 3.79. The van der Waals surface area contributed by atoms with E-state index in [1.165, 1.54) is 5.56 Å². The van der Waals surface area contributed by atoms with E-state index in [1.807, 2.05) is 11.9 Å². The molecule has 5 heteroatoms. The third-order valence-corrected chi connectivity index (χ3v) is 3.21. The average molecular weight is 262 g/mol. The summed E-state index contributed by atoms with van der Waals surface area (Å²) in [6.07, 6.45) is 0. The lowest BCUT2D eigenvalue weighted by molar-refractivity contribution is 0.495. The van der Waals surface area contributed by atoms with Crippen molar-refractivity contribution in [3.8, 4) is 0 Å². The molecule has 0 saturated heterocycles. The van der Waals surface area contributed by atoms with Crippen molar-refractivity contribution in [2.24, 2.45) is 10.7 Å². The lowest BCUT2D eigenvalue weighted by atomic mass is 10.3. The summed E-state index contributed by atoms with van der Waals surface area (Å²) in [5.74, 6) is 0.558. The van der Waals surface area contributed by atoms with Gasteiger partial charge in [-0.2, -0.15) is 0 Å². The molecule has 1 aromatic heterocycles. The van der Waals surface area contributed by atoms with E-state index in [-0.39, 0.29) is 0 Å². The molecule has 0 atom stereocenters. The van der Waals surface area contributed by atoms with Gasteiger partial charge >= 0.3 is 0 Å². The number of aliphatic imine (C=N–C) groups is 1. The number of nitrogens with two attached hydrogens (primary N) is 1. The normalized spacial score (nSPS) is 11.8. The van der Waals surface area contributed by atoms with E-state index >= 15 is 0 Å². The van der Waals surface area contributed by atoms with Crippen molar-refractivity contribution in [2.45, 2.75) is 6.54 Å². The topological polar surface area (TPSA) is 41.6 Å². The Morgan fingerprint density at radius 1 is 1.77 bits per heavy atom. The number of hydrogen-bond acceptors (Lipinski definition) is 2. The van der Waals surface area contributed by atoms with Gasteiger partial charge in [-0.15, -0.1) is 11.3 Å². The summed E-state index contributed by atoms with van der Waals surface area (Å²) in [4.78, 5) is 5.81. The molecule has 0 saturated carbocycles. The molecule has 3 nitrogen and oxygen atoms in total. The third kappa shape index (κ3) is 3.00. The van der Waals surface area contributed by atoms with Crippen LogP contribution in [0, 0.1) is 0 Å². The summed E-state index contributed by atoms with van der Waals surface area (Å²) in [5, 5.41) is 2.10. The molecule has 0 unspecified atom stereocenters. The molecule has 0 amide bonds. The Bertz CT molecular complexity index is 308. The molecule has 72 valence electrons. The van der Waals surface area contributed by atoms with E-state index in [0.717, 1.165) is 10.3 Å².